The maximum Gasteiger partial charge on any atom is 0.290 e. The van der Waals surface area contributed by atoms with Crippen LogP contribution in [0.4, 0.5) is 5.82 Å². The van der Waals surface area contributed by atoms with E-state index in [4.69, 9.17) is 4.74 Å². The third-order valence-electron chi connectivity index (χ3n) is 4.34. The van der Waals surface area contributed by atoms with Gasteiger partial charge in [0.15, 0.2) is 5.82 Å². The summed E-state index contributed by atoms with van der Waals surface area (Å²) in [6, 6.07) is 8.82. The molecule has 0 unspecified atom stereocenters. The molecule has 1 saturated heterocycles. The van der Waals surface area contributed by atoms with Crippen LogP contribution in [0.2, 0.25) is 0 Å². The molecule has 24 heavy (non-hydrogen) atoms. The highest BCUT2D eigenvalue weighted by Crippen LogP contribution is 2.15. The van der Waals surface area contributed by atoms with Crippen molar-refractivity contribution in [2.45, 2.75) is 32.0 Å². The van der Waals surface area contributed by atoms with Crippen LogP contribution in [0.3, 0.4) is 0 Å². The molecule has 1 fully saturated rings. The summed E-state index contributed by atoms with van der Waals surface area (Å²) in [5, 5.41) is 3.60. The first-order valence-corrected chi connectivity index (χ1v) is 8.35. The Labute approximate surface area is 141 Å². The number of methoxy groups -OCH3 is 1. The molecular formula is C18H24N4O2. The van der Waals surface area contributed by atoms with Crippen molar-refractivity contribution in [1.29, 1.82) is 0 Å². The van der Waals surface area contributed by atoms with E-state index in [1.54, 1.807) is 19.5 Å². The first kappa shape index (κ1) is 16.7. The van der Waals surface area contributed by atoms with Gasteiger partial charge in [0.2, 0.25) is 0 Å². The van der Waals surface area contributed by atoms with E-state index in [1.807, 2.05) is 0 Å². The lowest BCUT2D eigenvalue weighted by molar-refractivity contribution is 0.185. The first-order chi connectivity index (χ1) is 11.8. The van der Waals surface area contributed by atoms with Crippen molar-refractivity contribution in [3.63, 3.8) is 0 Å². The maximum atomic E-state index is 11.9. The summed E-state index contributed by atoms with van der Waals surface area (Å²) in [7, 11) is 1.71. The zero-order valence-electron chi connectivity index (χ0n) is 14.0. The van der Waals surface area contributed by atoms with E-state index >= 15 is 0 Å². The Bertz CT molecular complexity index is 699. The van der Waals surface area contributed by atoms with Crippen molar-refractivity contribution in [3.05, 3.63) is 58.1 Å². The quantitative estimate of drug-likeness (QED) is 0.844. The topological polar surface area (TPSA) is 70.2 Å². The molecule has 1 aromatic carbocycles. The molecular weight excluding hydrogens is 304 g/mol. The number of nitrogens with one attached hydrogen (secondary N) is 2. The molecule has 6 nitrogen and oxygen atoms in total. The van der Waals surface area contributed by atoms with Crippen LogP contribution in [-0.2, 0) is 17.9 Å². The fourth-order valence-electron chi connectivity index (χ4n) is 3.09. The lowest BCUT2D eigenvalue weighted by atomic mass is 10.0. The van der Waals surface area contributed by atoms with Crippen LogP contribution in [0.15, 0.2) is 41.5 Å². The number of rotatable bonds is 6. The normalized spacial score (nSPS) is 17.9. The Balaban J connectivity index is 1.56. The summed E-state index contributed by atoms with van der Waals surface area (Å²) < 4.78 is 5.13. The van der Waals surface area contributed by atoms with Crippen LogP contribution < -0.4 is 15.8 Å². The number of ether oxygens (including phenoxy) is 1. The highest BCUT2D eigenvalue weighted by atomic mass is 16.5. The molecule has 6 heteroatoms. The second-order valence-corrected chi connectivity index (χ2v) is 6.16. The van der Waals surface area contributed by atoms with E-state index in [1.165, 1.54) is 11.1 Å². The van der Waals surface area contributed by atoms with Gasteiger partial charge in [0, 0.05) is 45.2 Å². The molecule has 1 aromatic heterocycles. The lowest BCUT2D eigenvalue weighted by Crippen LogP contribution is -2.47. The minimum absolute atomic E-state index is 0.119. The Morgan fingerprint density at radius 3 is 2.88 bits per heavy atom. The van der Waals surface area contributed by atoms with Gasteiger partial charge in [0.1, 0.15) is 0 Å². The Morgan fingerprint density at radius 2 is 2.12 bits per heavy atom. The number of aromatic amines is 1. The van der Waals surface area contributed by atoms with E-state index < -0.39 is 0 Å². The molecule has 1 atom stereocenters. The Hall–Kier alpha value is -2.18. The number of nitrogens with zero attached hydrogens (tertiary/aromatic N) is 2. The van der Waals surface area contributed by atoms with Crippen LogP contribution in [0.25, 0.3) is 0 Å². The molecule has 1 aliphatic rings. The largest absolute Gasteiger partial charge is 0.380 e. The van der Waals surface area contributed by atoms with Gasteiger partial charge in [0.25, 0.3) is 5.56 Å². The minimum atomic E-state index is -0.119. The minimum Gasteiger partial charge on any atom is -0.380 e. The molecule has 0 radical (unpaired) electrons. The predicted octanol–water partition coefficient (Wildman–Crippen LogP) is 1.67. The maximum absolute atomic E-state index is 11.9. The van der Waals surface area contributed by atoms with Crippen LogP contribution in [0, 0.1) is 0 Å². The van der Waals surface area contributed by atoms with Gasteiger partial charge >= 0.3 is 0 Å². The van der Waals surface area contributed by atoms with Crippen molar-refractivity contribution in [3.8, 4) is 0 Å². The smallest absolute Gasteiger partial charge is 0.290 e. The molecule has 128 valence electrons. The molecule has 2 aromatic rings. The number of anilines is 1. The van der Waals surface area contributed by atoms with Crippen LogP contribution in [-0.4, -0.2) is 36.2 Å². The van der Waals surface area contributed by atoms with Gasteiger partial charge in [-0.15, -0.1) is 0 Å². The van der Waals surface area contributed by atoms with Crippen LogP contribution >= 0.6 is 0 Å². The van der Waals surface area contributed by atoms with Gasteiger partial charge in [-0.3, -0.25) is 4.79 Å². The van der Waals surface area contributed by atoms with Crippen molar-refractivity contribution in [1.82, 2.24) is 15.3 Å². The SMILES string of the molecule is COCc1ccc(CN[C@@H]2CCCN(c3ncc[nH]c3=O)C2)cc1. The molecule has 1 aliphatic heterocycles. The Morgan fingerprint density at radius 1 is 1.33 bits per heavy atom. The fraction of sp³-hybridized carbons (Fsp3) is 0.444. The van der Waals surface area contributed by atoms with Crippen molar-refractivity contribution in [2.75, 3.05) is 25.1 Å². The van der Waals surface area contributed by atoms with Crippen molar-refractivity contribution < 1.29 is 4.74 Å². The summed E-state index contributed by atoms with van der Waals surface area (Å²) in [6.07, 6.45) is 5.37. The van der Waals surface area contributed by atoms with E-state index in [0.29, 0.717) is 18.5 Å². The third-order valence-corrected chi connectivity index (χ3v) is 4.34. The first-order valence-electron chi connectivity index (χ1n) is 8.35. The summed E-state index contributed by atoms with van der Waals surface area (Å²) in [5.74, 6) is 0.521. The molecule has 0 aliphatic carbocycles. The highest BCUT2D eigenvalue weighted by Gasteiger charge is 2.22. The van der Waals surface area contributed by atoms with E-state index in [2.05, 4.69) is 44.5 Å². The third kappa shape index (κ3) is 4.21. The molecule has 0 amide bonds. The second kappa shape index (κ2) is 8.08. The summed E-state index contributed by atoms with van der Waals surface area (Å²) in [5.41, 5.74) is 2.31. The van der Waals surface area contributed by atoms with Gasteiger partial charge in [-0.25, -0.2) is 4.98 Å². The van der Waals surface area contributed by atoms with E-state index in [9.17, 15) is 4.79 Å². The standard InChI is InChI=1S/C18H24N4O2/c1-24-13-15-6-4-14(5-7-15)11-21-16-3-2-10-22(12-16)17-18(23)20-9-8-19-17/h4-9,16,21H,2-3,10-13H2,1H3,(H,20,23)/t16-/m1/s1. The van der Waals surface area contributed by atoms with E-state index in [0.717, 1.165) is 32.5 Å². The number of piperidine rings is 1. The molecule has 0 spiro atoms. The summed E-state index contributed by atoms with van der Waals surface area (Å²) in [6.45, 7) is 3.15. The molecule has 2 N–H and O–H groups in total. The number of hydrogen-bond acceptors (Lipinski definition) is 5. The van der Waals surface area contributed by atoms with Gasteiger partial charge in [-0.2, -0.15) is 0 Å². The van der Waals surface area contributed by atoms with Gasteiger partial charge in [0.05, 0.1) is 6.61 Å². The lowest BCUT2D eigenvalue weighted by Gasteiger charge is -2.33. The predicted molar refractivity (Wildman–Crippen MR) is 94.1 cm³/mol. The average Bonchev–Trinajstić information content (AvgIpc) is 2.62. The number of benzene rings is 1. The Kier molecular flexibility index (Phi) is 5.61. The number of hydrogen-bond donors (Lipinski definition) is 2. The van der Waals surface area contributed by atoms with E-state index in [-0.39, 0.29) is 5.56 Å². The van der Waals surface area contributed by atoms with Crippen molar-refractivity contribution in [2.24, 2.45) is 0 Å². The monoisotopic (exact) mass is 328 g/mol. The van der Waals surface area contributed by atoms with Gasteiger partial charge < -0.3 is 19.9 Å². The zero-order chi connectivity index (χ0) is 16.8. The van der Waals surface area contributed by atoms with Gasteiger partial charge in [-0.05, 0) is 24.0 Å². The average molecular weight is 328 g/mol. The van der Waals surface area contributed by atoms with Crippen LogP contribution in [0.1, 0.15) is 24.0 Å². The molecule has 3 rings (SSSR count). The number of H-pyrrole nitrogens is 1. The summed E-state index contributed by atoms with van der Waals surface area (Å²) in [4.78, 5) is 20.9. The molecule has 2 heterocycles. The van der Waals surface area contributed by atoms with Gasteiger partial charge in [-0.1, -0.05) is 24.3 Å². The van der Waals surface area contributed by atoms with Crippen molar-refractivity contribution >= 4 is 5.82 Å². The highest BCUT2D eigenvalue weighted by molar-refractivity contribution is 5.36. The summed E-state index contributed by atoms with van der Waals surface area (Å²) >= 11 is 0. The fourth-order valence-corrected chi connectivity index (χ4v) is 3.09. The molecule has 0 bridgehead atoms. The van der Waals surface area contributed by atoms with Crippen LogP contribution in [0.5, 0.6) is 0 Å². The zero-order valence-corrected chi connectivity index (χ0v) is 14.0. The number of aromatic nitrogens is 2. The second-order valence-electron chi connectivity index (χ2n) is 6.16. The molecule has 0 saturated carbocycles.